The second-order valence-corrected chi connectivity index (χ2v) is 7.33. The van der Waals surface area contributed by atoms with Crippen LogP contribution < -0.4 is 9.47 Å². The van der Waals surface area contributed by atoms with Crippen LogP contribution in [-0.2, 0) is 0 Å². The standard InChI is InChI=1S/C24H23NO2S/c1-18-8-7-11-23(16-18)28-24(25-20-9-5-4-6-10-20)19(2)17-27-22-14-12-21(26-3)13-15-22/h4-17H,1-3H3/b19-17+,25-24-. The fourth-order valence-electron chi connectivity index (χ4n) is 2.46. The minimum absolute atomic E-state index is 0.750. The van der Waals surface area contributed by atoms with Crippen molar-refractivity contribution < 1.29 is 9.47 Å². The number of rotatable bonds is 6. The maximum Gasteiger partial charge on any atom is 0.126 e. The van der Waals surface area contributed by atoms with Crippen molar-refractivity contribution in [2.45, 2.75) is 18.7 Å². The fourth-order valence-corrected chi connectivity index (χ4v) is 3.44. The maximum absolute atomic E-state index is 5.84. The molecule has 0 spiro atoms. The van der Waals surface area contributed by atoms with Crippen molar-refractivity contribution in [3.8, 4) is 11.5 Å². The van der Waals surface area contributed by atoms with Gasteiger partial charge in [0.15, 0.2) is 0 Å². The van der Waals surface area contributed by atoms with Gasteiger partial charge in [-0.25, -0.2) is 4.99 Å². The van der Waals surface area contributed by atoms with Gasteiger partial charge < -0.3 is 9.47 Å². The molecule has 3 nitrogen and oxygen atoms in total. The number of para-hydroxylation sites is 1. The van der Waals surface area contributed by atoms with Crippen molar-refractivity contribution in [2.75, 3.05) is 7.11 Å². The second-order valence-electron chi connectivity index (χ2n) is 6.27. The zero-order valence-corrected chi connectivity index (χ0v) is 17.1. The molecule has 0 aromatic heterocycles. The van der Waals surface area contributed by atoms with Crippen LogP contribution in [0.5, 0.6) is 11.5 Å². The van der Waals surface area contributed by atoms with Crippen molar-refractivity contribution in [3.05, 3.63) is 96.3 Å². The van der Waals surface area contributed by atoms with E-state index in [1.54, 1.807) is 25.1 Å². The summed E-state index contributed by atoms with van der Waals surface area (Å²) in [7, 11) is 1.65. The zero-order chi connectivity index (χ0) is 19.8. The number of benzene rings is 3. The second kappa shape index (κ2) is 9.81. The highest BCUT2D eigenvalue weighted by molar-refractivity contribution is 8.14. The Bertz CT molecular complexity index is 963. The molecular formula is C24H23NO2S. The molecule has 0 saturated heterocycles. The number of ether oxygens (including phenoxy) is 2. The highest BCUT2D eigenvalue weighted by Crippen LogP contribution is 2.27. The molecule has 0 bridgehead atoms. The van der Waals surface area contributed by atoms with Gasteiger partial charge >= 0.3 is 0 Å². The predicted molar refractivity (Wildman–Crippen MR) is 118 cm³/mol. The Morgan fingerprint density at radius 2 is 1.61 bits per heavy atom. The average Bonchev–Trinajstić information content (AvgIpc) is 2.73. The monoisotopic (exact) mass is 389 g/mol. The van der Waals surface area contributed by atoms with E-state index in [2.05, 4.69) is 31.2 Å². The van der Waals surface area contributed by atoms with Gasteiger partial charge in [0.1, 0.15) is 16.5 Å². The van der Waals surface area contributed by atoms with Gasteiger partial charge in [0.05, 0.1) is 19.1 Å². The van der Waals surface area contributed by atoms with Gasteiger partial charge in [0.2, 0.25) is 0 Å². The third kappa shape index (κ3) is 5.76. The molecule has 0 saturated carbocycles. The van der Waals surface area contributed by atoms with Crippen LogP contribution >= 0.6 is 11.8 Å². The molecule has 0 unspecified atom stereocenters. The van der Waals surface area contributed by atoms with Crippen molar-refractivity contribution >= 4 is 22.5 Å². The Hall–Kier alpha value is -2.98. The maximum atomic E-state index is 5.84. The summed E-state index contributed by atoms with van der Waals surface area (Å²) in [5, 5.41) is 0.894. The highest BCUT2D eigenvalue weighted by atomic mass is 32.2. The van der Waals surface area contributed by atoms with Gasteiger partial charge in [-0.3, -0.25) is 0 Å². The summed E-state index contributed by atoms with van der Waals surface area (Å²) < 4.78 is 11.0. The minimum atomic E-state index is 0.750. The summed E-state index contributed by atoms with van der Waals surface area (Å²) in [5.41, 5.74) is 3.08. The molecule has 0 amide bonds. The normalized spacial score (nSPS) is 12.0. The Morgan fingerprint density at radius 3 is 2.29 bits per heavy atom. The molecule has 142 valence electrons. The molecule has 0 atom stereocenters. The molecule has 3 aromatic rings. The van der Waals surface area contributed by atoms with Gasteiger partial charge in [-0.05, 0) is 62.4 Å². The van der Waals surface area contributed by atoms with Crippen LogP contribution in [0.15, 0.2) is 101 Å². The van der Waals surface area contributed by atoms with Crippen LogP contribution in [0, 0.1) is 6.92 Å². The van der Waals surface area contributed by atoms with E-state index in [9.17, 15) is 0 Å². The average molecular weight is 390 g/mol. The first-order chi connectivity index (χ1) is 13.6. The Balaban J connectivity index is 1.85. The molecule has 0 N–H and O–H groups in total. The molecule has 3 aromatic carbocycles. The minimum Gasteiger partial charge on any atom is -0.497 e. The molecule has 0 aliphatic heterocycles. The number of nitrogens with zero attached hydrogens (tertiary/aromatic N) is 1. The number of hydrogen-bond acceptors (Lipinski definition) is 4. The van der Waals surface area contributed by atoms with Gasteiger partial charge in [-0.15, -0.1) is 0 Å². The zero-order valence-electron chi connectivity index (χ0n) is 16.3. The van der Waals surface area contributed by atoms with Crippen LogP contribution in [0.3, 0.4) is 0 Å². The first-order valence-electron chi connectivity index (χ1n) is 9.00. The molecule has 0 aliphatic rings. The van der Waals surface area contributed by atoms with E-state index in [4.69, 9.17) is 14.5 Å². The molecule has 0 radical (unpaired) electrons. The summed E-state index contributed by atoms with van der Waals surface area (Å²) in [6, 6.07) is 25.9. The summed E-state index contributed by atoms with van der Waals surface area (Å²) >= 11 is 1.63. The SMILES string of the molecule is COc1ccc(O/C=C(C)/C(=N/c2ccccc2)Sc2cccc(C)c2)cc1. The summed E-state index contributed by atoms with van der Waals surface area (Å²) in [5.74, 6) is 1.55. The van der Waals surface area contributed by atoms with E-state index in [-0.39, 0.29) is 0 Å². The Kier molecular flexibility index (Phi) is 6.93. The first-order valence-corrected chi connectivity index (χ1v) is 9.82. The van der Waals surface area contributed by atoms with Gasteiger partial charge in [-0.1, -0.05) is 47.7 Å². The predicted octanol–water partition coefficient (Wildman–Crippen LogP) is 6.81. The molecule has 0 aliphatic carbocycles. The lowest BCUT2D eigenvalue weighted by molar-refractivity contribution is 0.412. The number of aliphatic imine (C=N–C) groups is 1. The molecule has 3 rings (SSSR count). The van der Waals surface area contributed by atoms with Crippen LogP contribution in [0.2, 0.25) is 0 Å². The van der Waals surface area contributed by atoms with E-state index in [0.717, 1.165) is 32.7 Å². The molecular weight excluding hydrogens is 366 g/mol. The van der Waals surface area contributed by atoms with Crippen LogP contribution in [-0.4, -0.2) is 12.2 Å². The lowest BCUT2D eigenvalue weighted by Gasteiger charge is -2.09. The molecule has 0 fully saturated rings. The topological polar surface area (TPSA) is 30.8 Å². The van der Waals surface area contributed by atoms with Crippen LogP contribution in [0.25, 0.3) is 0 Å². The molecule has 4 heteroatoms. The van der Waals surface area contributed by atoms with E-state index in [0.29, 0.717) is 0 Å². The van der Waals surface area contributed by atoms with Crippen molar-refractivity contribution in [2.24, 2.45) is 4.99 Å². The third-order valence-electron chi connectivity index (χ3n) is 3.96. The lowest BCUT2D eigenvalue weighted by Crippen LogP contribution is -1.97. The number of hydrogen-bond donors (Lipinski definition) is 0. The van der Waals surface area contributed by atoms with Crippen molar-refractivity contribution in [3.63, 3.8) is 0 Å². The third-order valence-corrected chi connectivity index (χ3v) is 5.06. The Morgan fingerprint density at radius 1 is 0.893 bits per heavy atom. The van der Waals surface area contributed by atoms with E-state index in [1.807, 2.05) is 61.5 Å². The lowest BCUT2D eigenvalue weighted by atomic mass is 10.2. The summed E-state index contributed by atoms with van der Waals surface area (Å²) in [4.78, 5) is 5.98. The van der Waals surface area contributed by atoms with Crippen LogP contribution in [0.1, 0.15) is 12.5 Å². The van der Waals surface area contributed by atoms with Gasteiger partial charge in [0.25, 0.3) is 0 Å². The summed E-state index contributed by atoms with van der Waals surface area (Å²) in [6.45, 7) is 4.10. The van der Waals surface area contributed by atoms with E-state index < -0.39 is 0 Å². The quantitative estimate of drug-likeness (QED) is 0.201. The van der Waals surface area contributed by atoms with Gasteiger partial charge in [0, 0.05) is 10.5 Å². The Labute approximate surface area is 170 Å². The van der Waals surface area contributed by atoms with E-state index in [1.165, 1.54) is 5.56 Å². The largest absolute Gasteiger partial charge is 0.497 e. The molecule has 28 heavy (non-hydrogen) atoms. The number of aryl methyl sites for hydroxylation is 1. The molecule has 0 heterocycles. The first kappa shape index (κ1) is 19.8. The van der Waals surface area contributed by atoms with Crippen molar-refractivity contribution in [1.29, 1.82) is 0 Å². The van der Waals surface area contributed by atoms with Gasteiger partial charge in [-0.2, -0.15) is 0 Å². The number of methoxy groups -OCH3 is 1. The number of thioether (sulfide) groups is 1. The summed E-state index contributed by atoms with van der Waals surface area (Å²) in [6.07, 6.45) is 1.74. The van der Waals surface area contributed by atoms with Crippen molar-refractivity contribution in [1.82, 2.24) is 0 Å². The van der Waals surface area contributed by atoms with E-state index >= 15 is 0 Å². The highest BCUT2D eigenvalue weighted by Gasteiger charge is 2.08. The van der Waals surface area contributed by atoms with Crippen LogP contribution in [0.4, 0.5) is 5.69 Å². The fraction of sp³-hybridized carbons (Fsp3) is 0.125. The smallest absolute Gasteiger partial charge is 0.126 e.